The van der Waals surface area contributed by atoms with Crippen molar-refractivity contribution >= 4 is 28.4 Å². The second-order valence-electron chi connectivity index (χ2n) is 4.95. The number of carbonyl (C=O) groups excluding carboxylic acids is 2. The normalized spacial score (nSPS) is 13.7. The van der Waals surface area contributed by atoms with E-state index < -0.39 is 0 Å². The number of hydrogen-bond donors (Lipinski definition) is 3. The first kappa shape index (κ1) is 14.5. The molecule has 7 heteroatoms. The van der Waals surface area contributed by atoms with E-state index in [1.165, 1.54) is 11.3 Å². The molecule has 0 unspecified atom stereocenters. The number of amides is 3. The van der Waals surface area contributed by atoms with E-state index in [0.717, 1.165) is 24.1 Å². The van der Waals surface area contributed by atoms with Crippen molar-refractivity contribution < 1.29 is 9.59 Å². The zero-order chi connectivity index (χ0) is 15.4. The van der Waals surface area contributed by atoms with Crippen LogP contribution in [0.1, 0.15) is 27.3 Å². The van der Waals surface area contributed by atoms with Crippen LogP contribution in [-0.2, 0) is 13.0 Å². The van der Waals surface area contributed by atoms with Gasteiger partial charge in [-0.2, -0.15) is 0 Å². The minimum atomic E-state index is -0.326. The molecule has 2 heterocycles. The van der Waals surface area contributed by atoms with E-state index in [4.69, 9.17) is 0 Å². The summed E-state index contributed by atoms with van der Waals surface area (Å²) in [5, 5.41) is 8.72. The van der Waals surface area contributed by atoms with Gasteiger partial charge < -0.3 is 10.6 Å². The second-order valence-corrected chi connectivity index (χ2v) is 5.95. The maximum atomic E-state index is 11.9. The highest BCUT2D eigenvalue weighted by Crippen LogP contribution is 2.25. The predicted molar refractivity (Wildman–Crippen MR) is 85.1 cm³/mol. The van der Waals surface area contributed by atoms with Gasteiger partial charge in [0.15, 0.2) is 5.13 Å². The third-order valence-electron chi connectivity index (χ3n) is 3.30. The predicted octanol–water partition coefficient (Wildman–Crippen LogP) is 2.14. The summed E-state index contributed by atoms with van der Waals surface area (Å²) in [6, 6.07) is 9.33. The molecule has 0 saturated carbocycles. The summed E-state index contributed by atoms with van der Waals surface area (Å²) in [5.41, 5.74) is 1.78. The highest BCUT2D eigenvalue weighted by molar-refractivity contribution is 7.17. The van der Waals surface area contributed by atoms with Crippen LogP contribution in [0.3, 0.4) is 0 Å². The summed E-state index contributed by atoms with van der Waals surface area (Å²) in [6.07, 6.45) is 1.61. The third kappa shape index (κ3) is 3.43. The van der Waals surface area contributed by atoms with Gasteiger partial charge in [0.1, 0.15) is 4.88 Å². The number of carbonyl (C=O) groups is 2. The second kappa shape index (κ2) is 6.57. The van der Waals surface area contributed by atoms with Crippen molar-refractivity contribution in [3.63, 3.8) is 0 Å². The molecule has 6 nitrogen and oxygen atoms in total. The minimum Gasteiger partial charge on any atom is -0.351 e. The molecule has 0 spiro atoms. The fraction of sp³-hybridized carbons (Fsp3) is 0.267. The number of fused-ring (bicyclic) bond motifs is 1. The Morgan fingerprint density at radius 3 is 2.95 bits per heavy atom. The molecule has 0 saturated heterocycles. The number of aryl methyl sites for hydroxylation is 1. The Hall–Kier alpha value is -2.41. The van der Waals surface area contributed by atoms with Crippen molar-refractivity contribution in [3.05, 3.63) is 46.5 Å². The van der Waals surface area contributed by atoms with Crippen LogP contribution in [0.5, 0.6) is 0 Å². The standard InChI is InChI=1S/C15H16N4O2S/c20-13-12-11(7-4-8-16-13)18-15(22-12)19-14(21)17-9-10-5-2-1-3-6-10/h1-3,5-6H,4,7-9H2,(H,16,20)(H2,17,18,19,21). The van der Waals surface area contributed by atoms with Crippen LogP contribution in [0.2, 0.25) is 0 Å². The van der Waals surface area contributed by atoms with Gasteiger partial charge >= 0.3 is 6.03 Å². The van der Waals surface area contributed by atoms with Crippen molar-refractivity contribution in [2.24, 2.45) is 0 Å². The zero-order valence-corrected chi connectivity index (χ0v) is 12.7. The molecule has 2 aromatic rings. The van der Waals surface area contributed by atoms with Crippen molar-refractivity contribution in [1.82, 2.24) is 15.6 Å². The number of urea groups is 1. The Bertz CT molecular complexity index is 684. The molecule has 0 radical (unpaired) electrons. The molecule has 1 aliphatic rings. The number of rotatable bonds is 3. The molecular weight excluding hydrogens is 300 g/mol. The van der Waals surface area contributed by atoms with E-state index in [2.05, 4.69) is 20.9 Å². The van der Waals surface area contributed by atoms with Gasteiger partial charge in [0, 0.05) is 13.1 Å². The molecule has 3 N–H and O–H groups in total. The quantitative estimate of drug-likeness (QED) is 0.811. The maximum absolute atomic E-state index is 11.9. The number of aromatic nitrogens is 1. The van der Waals surface area contributed by atoms with E-state index in [0.29, 0.717) is 23.1 Å². The van der Waals surface area contributed by atoms with Gasteiger partial charge in [0.05, 0.1) is 5.69 Å². The lowest BCUT2D eigenvalue weighted by atomic mass is 10.2. The average molecular weight is 316 g/mol. The largest absolute Gasteiger partial charge is 0.351 e. The van der Waals surface area contributed by atoms with Crippen molar-refractivity contribution in [3.8, 4) is 0 Å². The monoisotopic (exact) mass is 316 g/mol. The highest BCUT2D eigenvalue weighted by Gasteiger charge is 2.21. The summed E-state index contributed by atoms with van der Waals surface area (Å²) < 4.78 is 0. The lowest BCUT2D eigenvalue weighted by Gasteiger charge is -2.05. The van der Waals surface area contributed by atoms with E-state index in [9.17, 15) is 9.59 Å². The smallest absolute Gasteiger partial charge is 0.321 e. The molecule has 3 rings (SSSR count). The van der Waals surface area contributed by atoms with Crippen molar-refractivity contribution in [2.45, 2.75) is 19.4 Å². The third-order valence-corrected chi connectivity index (χ3v) is 4.31. The van der Waals surface area contributed by atoms with Gasteiger partial charge in [-0.15, -0.1) is 0 Å². The molecular formula is C15H16N4O2S. The summed E-state index contributed by atoms with van der Waals surface area (Å²) in [4.78, 5) is 28.7. The first-order valence-electron chi connectivity index (χ1n) is 7.09. The van der Waals surface area contributed by atoms with Gasteiger partial charge in [-0.05, 0) is 18.4 Å². The average Bonchev–Trinajstić information content (AvgIpc) is 2.85. The van der Waals surface area contributed by atoms with Gasteiger partial charge in [-0.1, -0.05) is 41.7 Å². The SMILES string of the molecule is O=C(NCc1ccccc1)Nc1nc2c(s1)C(=O)NCCC2. The van der Waals surface area contributed by atoms with Crippen LogP contribution in [0, 0.1) is 0 Å². The zero-order valence-electron chi connectivity index (χ0n) is 11.9. The van der Waals surface area contributed by atoms with E-state index in [1.54, 1.807) is 0 Å². The molecule has 22 heavy (non-hydrogen) atoms. The van der Waals surface area contributed by atoms with E-state index in [-0.39, 0.29) is 11.9 Å². The molecule has 1 aliphatic heterocycles. The number of anilines is 1. The molecule has 114 valence electrons. The lowest BCUT2D eigenvalue weighted by molar-refractivity contribution is 0.0960. The molecule has 1 aromatic heterocycles. The molecule has 0 aliphatic carbocycles. The summed E-state index contributed by atoms with van der Waals surface area (Å²) in [5.74, 6) is -0.109. The topological polar surface area (TPSA) is 83.1 Å². The number of thiazole rings is 1. The fourth-order valence-corrected chi connectivity index (χ4v) is 3.13. The van der Waals surface area contributed by atoms with Crippen LogP contribution < -0.4 is 16.0 Å². The summed E-state index contributed by atoms with van der Waals surface area (Å²) in [7, 11) is 0. The number of nitrogens with one attached hydrogen (secondary N) is 3. The maximum Gasteiger partial charge on any atom is 0.321 e. The van der Waals surface area contributed by atoms with Gasteiger partial charge in [0.25, 0.3) is 5.91 Å². The van der Waals surface area contributed by atoms with Crippen LogP contribution in [0.4, 0.5) is 9.93 Å². The highest BCUT2D eigenvalue weighted by atomic mass is 32.1. The molecule has 3 amide bonds. The van der Waals surface area contributed by atoms with Crippen LogP contribution in [0.15, 0.2) is 30.3 Å². The van der Waals surface area contributed by atoms with Gasteiger partial charge in [-0.3, -0.25) is 10.1 Å². The Labute approximate surface area is 132 Å². The summed E-state index contributed by atoms with van der Waals surface area (Å²) in [6.45, 7) is 1.11. The van der Waals surface area contributed by atoms with Crippen LogP contribution in [0.25, 0.3) is 0 Å². The van der Waals surface area contributed by atoms with Crippen LogP contribution in [-0.4, -0.2) is 23.5 Å². The fourth-order valence-electron chi connectivity index (χ4n) is 2.21. The van der Waals surface area contributed by atoms with E-state index in [1.807, 2.05) is 30.3 Å². The van der Waals surface area contributed by atoms with Gasteiger partial charge in [0.2, 0.25) is 0 Å². The number of hydrogen-bond acceptors (Lipinski definition) is 4. The van der Waals surface area contributed by atoms with Crippen molar-refractivity contribution in [1.29, 1.82) is 0 Å². The molecule has 0 fully saturated rings. The number of benzene rings is 1. The Balaban J connectivity index is 1.60. The minimum absolute atomic E-state index is 0.109. The van der Waals surface area contributed by atoms with Gasteiger partial charge in [-0.25, -0.2) is 9.78 Å². The summed E-state index contributed by atoms with van der Waals surface area (Å²) >= 11 is 1.21. The Kier molecular flexibility index (Phi) is 4.34. The Morgan fingerprint density at radius 1 is 1.32 bits per heavy atom. The van der Waals surface area contributed by atoms with Crippen LogP contribution >= 0.6 is 11.3 Å². The molecule has 1 aromatic carbocycles. The lowest BCUT2D eigenvalue weighted by Crippen LogP contribution is -2.28. The first-order valence-corrected chi connectivity index (χ1v) is 7.91. The van der Waals surface area contributed by atoms with E-state index >= 15 is 0 Å². The Morgan fingerprint density at radius 2 is 2.14 bits per heavy atom. The molecule has 0 atom stereocenters. The first-order chi connectivity index (χ1) is 10.7. The molecule has 0 bridgehead atoms. The number of nitrogens with zero attached hydrogens (tertiary/aromatic N) is 1. The van der Waals surface area contributed by atoms with Crippen molar-refractivity contribution in [2.75, 3.05) is 11.9 Å².